The first-order valence-electron chi connectivity index (χ1n) is 8.92. The lowest BCUT2D eigenvalue weighted by atomic mass is 9.95. The summed E-state index contributed by atoms with van der Waals surface area (Å²) in [5.41, 5.74) is -1.72. The summed E-state index contributed by atoms with van der Waals surface area (Å²) in [6.45, 7) is 0. The predicted octanol–water partition coefficient (Wildman–Crippen LogP) is 2.35. The van der Waals surface area contributed by atoms with Gasteiger partial charge in [0.2, 0.25) is 5.60 Å². The lowest BCUT2D eigenvalue weighted by Crippen LogP contribution is -2.60. The van der Waals surface area contributed by atoms with Crippen molar-refractivity contribution in [1.82, 2.24) is 0 Å². The number of thiophene rings is 2. The van der Waals surface area contributed by atoms with E-state index in [0.717, 1.165) is 17.3 Å². The Labute approximate surface area is 160 Å². The minimum absolute atomic E-state index is 0.161. The summed E-state index contributed by atoms with van der Waals surface area (Å²) in [4.78, 5) is 14.3. The molecule has 5 rings (SSSR count). The van der Waals surface area contributed by atoms with Crippen molar-refractivity contribution in [3.05, 3.63) is 44.8 Å². The van der Waals surface area contributed by atoms with Crippen LogP contribution in [0.2, 0.25) is 0 Å². The number of quaternary nitrogens is 1. The number of hydrogen-bond donors (Lipinski definition) is 1. The van der Waals surface area contributed by atoms with Crippen molar-refractivity contribution in [2.24, 2.45) is 0 Å². The van der Waals surface area contributed by atoms with Gasteiger partial charge in [-0.3, -0.25) is 0 Å². The second-order valence-electron chi connectivity index (χ2n) is 7.99. The smallest absolute Gasteiger partial charge is 0.349 e. The maximum absolute atomic E-state index is 13.1. The molecule has 26 heavy (non-hydrogen) atoms. The van der Waals surface area contributed by atoms with Crippen LogP contribution in [0.4, 0.5) is 0 Å². The topological polar surface area (TPSA) is 59.1 Å². The van der Waals surface area contributed by atoms with Crippen molar-refractivity contribution < 1.29 is 23.9 Å². The van der Waals surface area contributed by atoms with Gasteiger partial charge < -0.3 is 19.1 Å². The van der Waals surface area contributed by atoms with Crippen molar-refractivity contribution >= 4 is 28.6 Å². The van der Waals surface area contributed by atoms with Crippen molar-refractivity contribution in [1.29, 1.82) is 0 Å². The number of epoxide rings is 1. The molecule has 3 aliphatic rings. The molecule has 3 fully saturated rings. The maximum Gasteiger partial charge on any atom is 0.349 e. The monoisotopic (exact) mass is 392 g/mol. The summed E-state index contributed by atoms with van der Waals surface area (Å²) in [5.74, 6) is -0.561. The summed E-state index contributed by atoms with van der Waals surface area (Å²) in [6.07, 6.45) is 2.05. The SMILES string of the molecule is C[N+]1(C)[C@@H]2CC(OC(=O)C(O)(c3cccs3)c3cccs3)C[C@@H]1[C@H]1O[C@@H]12. The minimum Gasteiger partial charge on any atom is -0.459 e. The van der Waals surface area contributed by atoms with Crippen LogP contribution in [-0.2, 0) is 19.9 Å². The van der Waals surface area contributed by atoms with E-state index in [0.29, 0.717) is 34.0 Å². The number of likely N-dealkylation sites (N-methyl/N-ethyl adjacent to an activating group) is 1. The van der Waals surface area contributed by atoms with Crippen LogP contribution in [0, 0.1) is 0 Å². The van der Waals surface area contributed by atoms with Gasteiger partial charge in [0.15, 0.2) is 0 Å². The molecule has 0 aliphatic carbocycles. The predicted molar refractivity (Wildman–Crippen MR) is 99.1 cm³/mol. The summed E-state index contributed by atoms with van der Waals surface area (Å²) in [7, 11) is 4.49. The third-order valence-electron chi connectivity index (χ3n) is 6.36. The average Bonchev–Trinajstić information content (AvgIpc) is 2.98. The third-order valence-corrected chi connectivity index (χ3v) is 8.32. The lowest BCUT2D eigenvalue weighted by molar-refractivity contribution is -0.938. The zero-order chi connectivity index (χ0) is 18.1. The summed E-state index contributed by atoms with van der Waals surface area (Å²) in [5, 5.41) is 15.1. The molecule has 0 unspecified atom stereocenters. The van der Waals surface area contributed by atoms with Gasteiger partial charge in [-0.15, -0.1) is 22.7 Å². The quantitative estimate of drug-likeness (QED) is 0.493. The number of hydrogen-bond acceptors (Lipinski definition) is 6. The van der Waals surface area contributed by atoms with Crippen LogP contribution >= 0.6 is 22.7 Å². The number of carbonyl (C=O) groups is 1. The zero-order valence-corrected chi connectivity index (χ0v) is 16.3. The average molecular weight is 393 g/mol. The number of ether oxygens (including phenoxy) is 2. The highest BCUT2D eigenvalue weighted by Crippen LogP contribution is 2.52. The number of esters is 1. The molecule has 2 bridgehead atoms. The second-order valence-corrected chi connectivity index (χ2v) is 9.89. The van der Waals surface area contributed by atoms with Crippen LogP contribution in [0.15, 0.2) is 35.0 Å². The Kier molecular flexibility index (Phi) is 3.65. The molecule has 2 aromatic rings. The molecule has 2 aromatic heterocycles. The molecule has 1 N–H and O–H groups in total. The molecule has 3 saturated heterocycles. The van der Waals surface area contributed by atoms with E-state index in [-0.39, 0.29) is 6.10 Å². The van der Waals surface area contributed by atoms with Gasteiger partial charge in [0.25, 0.3) is 0 Å². The Morgan fingerprint density at radius 3 is 2.15 bits per heavy atom. The van der Waals surface area contributed by atoms with E-state index in [2.05, 4.69) is 14.1 Å². The van der Waals surface area contributed by atoms with Gasteiger partial charge in [-0.2, -0.15) is 0 Å². The first kappa shape index (κ1) is 16.9. The third kappa shape index (κ3) is 2.28. The van der Waals surface area contributed by atoms with E-state index in [1.807, 2.05) is 22.9 Å². The Morgan fingerprint density at radius 2 is 1.69 bits per heavy atom. The van der Waals surface area contributed by atoms with Gasteiger partial charge in [-0.25, -0.2) is 4.79 Å². The Hall–Kier alpha value is -1.25. The number of fused-ring (bicyclic) bond motifs is 5. The zero-order valence-electron chi connectivity index (χ0n) is 14.7. The molecular weight excluding hydrogens is 370 g/mol. The first-order valence-corrected chi connectivity index (χ1v) is 10.7. The standard InChI is InChI=1S/C19H22NO4S2/c1-20(2)12-9-11(10-13(20)17-16(12)24-17)23-18(21)19(22,14-5-3-7-25-14)15-6-4-8-26-15/h3-8,11-13,16-17,22H,9-10H2,1-2H3/q+1/t12-,13-,16-,17-/m1/s1. The molecular formula is C19H22NO4S2+. The molecule has 0 radical (unpaired) electrons. The number of aliphatic hydroxyl groups is 1. The summed E-state index contributed by atoms with van der Waals surface area (Å²) < 4.78 is 12.6. The highest BCUT2D eigenvalue weighted by atomic mass is 32.1. The maximum atomic E-state index is 13.1. The fraction of sp³-hybridized carbons (Fsp3) is 0.526. The Bertz CT molecular complexity index is 762. The molecule has 0 spiro atoms. The molecule has 3 aliphatic heterocycles. The van der Waals surface area contributed by atoms with E-state index >= 15 is 0 Å². The molecule has 5 heterocycles. The Balaban J connectivity index is 1.40. The normalized spacial score (nSPS) is 34.3. The highest BCUT2D eigenvalue weighted by Gasteiger charge is 2.71. The van der Waals surface area contributed by atoms with Crippen LogP contribution in [0.3, 0.4) is 0 Å². The van der Waals surface area contributed by atoms with Crippen LogP contribution in [0.25, 0.3) is 0 Å². The molecule has 7 heteroatoms. The van der Waals surface area contributed by atoms with Gasteiger partial charge >= 0.3 is 5.97 Å². The van der Waals surface area contributed by atoms with Crippen LogP contribution in [0.5, 0.6) is 0 Å². The van der Waals surface area contributed by atoms with E-state index in [9.17, 15) is 9.90 Å². The van der Waals surface area contributed by atoms with Gasteiger partial charge in [-0.1, -0.05) is 12.1 Å². The van der Waals surface area contributed by atoms with Gasteiger partial charge in [-0.05, 0) is 22.9 Å². The first-order chi connectivity index (χ1) is 12.4. The number of nitrogens with zero attached hydrogens (tertiary/aromatic N) is 1. The molecule has 0 saturated carbocycles. The van der Waals surface area contributed by atoms with Crippen molar-refractivity contribution in [2.45, 2.75) is 48.8 Å². The van der Waals surface area contributed by atoms with E-state index < -0.39 is 11.6 Å². The van der Waals surface area contributed by atoms with Gasteiger partial charge in [0.1, 0.15) is 30.4 Å². The van der Waals surface area contributed by atoms with E-state index in [1.165, 1.54) is 22.7 Å². The second kappa shape index (κ2) is 5.62. The number of carbonyl (C=O) groups excluding carboxylic acids is 1. The minimum atomic E-state index is -1.72. The van der Waals surface area contributed by atoms with Gasteiger partial charge in [0.05, 0.1) is 23.8 Å². The van der Waals surface area contributed by atoms with E-state index in [4.69, 9.17) is 9.47 Å². The number of rotatable bonds is 4. The molecule has 4 atom stereocenters. The van der Waals surface area contributed by atoms with Crippen LogP contribution in [0.1, 0.15) is 22.6 Å². The van der Waals surface area contributed by atoms with Crippen molar-refractivity contribution in [3.8, 4) is 0 Å². The van der Waals surface area contributed by atoms with Crippen LogP contribution < -0.4 is 0 Å². The fourth-order valence-corrected chi connectivity index (χ4v) is 6.54. The Morgan fingerprint density at radius 1 is 1.15 bits per heavy atom. The van der Waals surface area contributed by atoms with Crippen molar-refractivity contribution in [2.75, 3.05) is 14.1 Å². The van der Waals surface area contributed by atoms with Crippen molar-refractivity contribution in [3.63, 3.8) is 0 Å². The van der Waals surface area contributed by atoms with E-state index in [1.54, 1.807) is 12.1 Å². The van der Waals surface area contributed by atoms with Gasteiger partial charge in [0, 0.05) is 12.8 Å². The highest BCUT2D eigenvalue weighted by molar-refractivity contribution is 7.12. The largest absolute Gasteiger partial charge is 0.459 e. The fourth-order valence-electron chi connectivity index (χ4n) is 4.83. The molecule has 5 nitrogen and oxygen atoms in total. The summed E-state index contributed by atoms with van der Waals surface area (Å²) in [6, 6.07) is 8.01. The molecule has 138 valence electrons. The lowest BCUT2D eigenvalue weighted by Gasteiger charge is -2.45. The number of morpholine rings is 1. The molecule has 0 amide bonds. The molecule has 0 aromatic carbocycles. The summed E-state index contributed by atoms with van der Waals surface area (Å²) >= 11 is 2.74. The number of piperidine rings is 1. The van der Waals surface area contributed by atoms with Crippen LogP contribution in [-0.4, -0.2) is 60.0 Å².